The van der Waals surface area contributed by atoms with Crippen molar-refractivity contribution in [2.45, 2.75) is 56.6 Å². The summed E-state index contributed by atoms with van der Waals surface area (Å²) in [7, 11) is -4.07. The number of carboxylic acid groups (broad SMARTS) is 1. The lowest BCUT2D eigenvalue weighted by molar-refractivity contribution is -0.138. The number of nitrogens with zero attached hydrogens (tertiary/aromatic N) is 1. The van der Waals surface area contributed by atoms with Gasteiger partial charge in [0, 0.05) is 25.2 Å². The van der Waals surface area contributed by atoms with Crippen LogP contribution in [0.15, 0.2) is 59.5 Å². The highest BCUT2D eigenvalue weighted by molar-refractivity contribution is 7.89. The molecule has 1 aliphatic heterocycles. The number of amides is 2. The average molecular weight is 576 g/mol. The third kappa shape index (κ3) is 9.53. The lowest BCUT2D eigenvalue weighted by Gasteiger charge is -2.33. The first-order valence-electron chi connectivity index (χ1n) is 13.1. The molecule has 11 nitrogen and oxygen atoms in total. The normalized spacial score (nSPS) is 15.2. The minimum Gasteiger partial charge on any atom is -0.494 e. The predicted molar refractivity (Wildman–Crippen MR) is 148 cm³/mol. The molecule has 1 heterocycles. The van der Waals surface area contributed by atoms with Gasteiger partial charge in [-0.1, -0.05) is 18.2 Å². The van der Waals surface area contributed by atoms with Crippen LogP contribution in [0.3, 0.4) is 0 Å². The Labute approximate surface area is 234 Å². The van der Waals surface area contributed by atoms with Crippen LogP contribution < -0.4 is 14.8 Å². The van der Waals surface area contributed by atoms with Crippen LogP contribution in [0.1, 0.15) is 50.4 Å². The molecule has 2 aromatic carbocycles. The molecule has 0 bridgehead atoms. The number of aliphatic carboxylic acids is 1. The molecule has 12 heteroatoms. The minimum atomic E-state index is -4.07. The minimum absolute atomic E-state index is 0.0746. The summed E-state index contributed by atoms with van der Waals surface area (Å²) in [5.74, 6) is -0.945. The van der Waals surface area contributed by atoms with Crippen LogP contribution in [0.4, 0.5) is 4.79 Å². The second-order valence-corrected chi connectivity index (χ2v) is 12.3. The van der Waals surface area contributed by atoms with E-state index in [1.54, 1.807) is 35.2 Å². The number of ether oxygens (including phenoxy) is 2. The Hall–Kier alpha value is -3.64. The van der Waals surface area contributed by atoms with Crippen LogP contribution in [-0.4, -0.2) is 74.3 Å². The number of likely N-dealkylation sites (tertiary alicyclic amines) is 1. The van der Waals surface area contributed by atoms with Gasteiger partial charge >= 0.3 is 12.1 Å². The van der Waals surface area contributed by atoms with E-state index in [1.807, 2.05) is 20.8 Å². The number of carbonyl (C=O) groups is 3. The van der Waals surface area contributed by atoms with Gasteiger partial charge in [-0.3, -0.25) is 9.59 Å². The number of nitrogens with one attached hydrogen (secondary N) is 2. The van der Waals surface area contributed by atoms with Crippen molar-refractivity contribution in [3.8, 4) is 5.75 Å². The molecule has 3 rings (SSSR count). The summed E-state index contributed by atoms with van der Waals surface area (Å²) < 4.78 is 38.3. The number of carboxylic acids is 1. The molecule has 0 aliphatic carbocycles. The van der Waals surface area contributed by atoms with Gasteiger partial charge in [0.15, 0.2) is 0 Å². The Balaban J connectivity index is 1.41. The molecule has 0 aromatic heterocycles. The second kappa shape index (κ2) is 13.6. The predicted octanol–water partition coefficient (Wildman–Crippen LogP) is 3.26. The van der Waals surface area contributed by atoms with E-state index in [4.69, 9.17) is 9.47 Å². The lowest BCUT2D eigenvalue weighted by Crippen LogP contribution is -2.48. The van der Waals surface area contributed by atoms with Crippen LogP contribution in [0.2, 0.25) is 0 Å². The maximum Gasteiger partial charge on any atom is 0.410 e. The Morgan fingerprint density at radius 3 is 2.23 bits per heavy atom. The van der Waals surface area contributed by atoms with E-state index >= 15 is 0 Å². The number of benzene rings is 2. The summed E-state index contributed by atoms with van der Waals surface area (Å²) >= 11 is 0. The van der Waals surface area contributed by atoms with Crippen molar-refractivity contribution < 1.29 is 37.4 Å². The molecule has 0 spiro atoms. The van der Waals surface area contributed by atoms with E-state index in [0.717, 1.165) is 19.3 Å². The van der Waals surface area contributed by atoms with Crippen molar-refractivity contribution in [2.24, 2.45) is 5.92 Å². The van der Waals surface area contributed by atoms with Crippen LogP contribution in [-0.2, 0) is 19.6 Å². The molecular formula is C28H37N3O8S. The molecule has 1 fully saturated rings. The molecule has 2 aromatic rings. The molecule has 1 atom stereocenters. The summed E-state index contributed by atoms with van der Waals surface area (Å²) in [6, 6.07) is 12.2. The average Bonchev–Trinajstić information content (AvgIpc) is 2.91. The van der Waals surface area contributed by atoms with Crippen molar-refractivity contribution >= 4 is 28.0 Å². The van der Waals surface area contributed by atoms with Crippen LogP contribution in [0, 0.1) is 5.92 Å². The topological polar surface area (TPSA) is 151 Å². The highest BCUT2D eigenvalue weighted by atomic mass is 32.2. The Morgan fingerprint density at radius 2 is 1.65 bits per heavy atom. The molecule has 40 heavy (non-hydrogen) atoms. The van der Waals surface area contributed by atoms with Crippen molar-refractivity contribution in [3.63, 3.8) is 0 Å². The summed E-state index contributed by atoms with van der Waals surface area (Å²) in [4.78, 5) is 38.0. The number of carbonyl (C=O) groups excluding carboxylic acids is 2. The summed E-state index contributed by atoms with van der Waals surface area (Å²) in [5.41, 5.74) is -0.237. The van der Waals surface area contributed by atoms with Crippen molar-refractivity contribution in [1.82, 2.24) is 14.9 Å². The zero-order valence-electron chi connectivity index (χ0n) is 23.0. The van der Waals surface area contributed by atoms with Crippen molar-refractivity contribution in [3.05, 3.63) is 60.2 Å². The maximum atomic E-state index is 12.5. The van der Waals surface area contributed by atoms with Gasteiger partial charge in [-0.2, -0.15) is 4.72 Å². The van der Waals surface area contributed by atoms with Gasteiger partial charge in [-0.25, -0.2) is 13.2 Å². The molecule has 0 saturated carbocycles. The molecular weight excluding hydrogens is 538 g/mol. The highest BCUT2D eigenvalue weighted by Crippen LogP contribution is 2.23. The van der Waals surface area contributed by atoms with Gasteiger partial charge in [-0.15, -0.1) is 0 Å². The van der Waals surface area contributed by atoms with Crippen molar-refractivity contribution in [1.29, 1.82) is 0 Å². The molecule has 0 radical (unpaired) electrons. The van der Waals surface area contributed by atoms with E-state index in [-0.39, 0.29) is 16.6 Å². The Morgan fingerprint density at radius 1 is 1.02 bits per heavy atom. The fourth-order valence-corrected chi connectivity index (χ4v) is 5.32. The maximum absolute atomic E-state index is 12.5. The van der Waals surface area contributed by atoms with E-state index in [0.29, 0.717) is 31.4 Å². The first-order chi connectivity index (χ1) is 18.8. The first-order valence-corrected chi connectivity index (χ1v) is 14.6. The molecule has 218 valence electrons. The number of hydrogen-bond donors (Lipinski definition) is 3. The number of hydrogen-bond acceptors (Lipinski definition) is 7. The number of piperidine rings is 1. The first kappa shape index (κ1) is 30.9. The lowest BCUT2D eigenvalue weighted by atomic mass is 9.94. The Bertz CT molecular complexity index is 1250. The highest BCUT2D eigenvalue weighted by Gasteiger charge is 2.27. The Kier molecular flexibility index (Phi) is 10.5. The van der Waals surface area contributed by atoms with E-state index in [9.17, 15) is 27.9 Å². The van der Waals surface area contributed by atoms with Gasteiger partial charge < -0.3 is 24.8 Å². The van der Waals surface area contributed by atoms with E-state index < -0.39 is 40.1 Å². The van der Waals surface area contributed by atoms with Crippen molar-refractivity contribution in [2.75, 3.05) is 26.2 Å². The molecule has 1 saturated heterocycles. The van der Waals surface area contributed by atoms with Gasteiger partial charge in [0.05, 0.1) is 11.5 Å². The van der Waals surface area contributed by atoms with Crippen LogP contribution in [0.25, 0.3) is 0 Å². The van der Waals surface area contributed by atoms with E-state index in [2.05, 4.69) is 10.0 Å². The molecule has 0 unspecified atom stereocenters. The largest absolute Gasteiger partial charge is 0.494 e. The monoisotopic (exact) mass is 575 g/mol. The summed E-state index contributed by atoms with van der Waals surface area (Å²) in [6.45, 7) is 6.91. The smallest absolute Gasteiger partial charge is 0.410 e. The van der Waals surface area contributed by atoms with Crippen LogP contribution in [0.5, 0.6) is 5.75 Å². The summed E-state index contributed by atoms with van der Waals surface area (Å²) in [6.07, 6.45) is 2.30. The number of sulfonamides is 1. The molecule has 3 N–H and O–H groups in total. The fourth-order valence-electron chi connectivity index (χ4n) is 4.11. The molecule has 2 amide bonds. The quantitative estimate of drug-likeness (QED) is 0.369. The molecule has 1 aliphatic rings. The summed E-state index contributed by atoms with van der Waals surface area (Å²) in [5, 5.41) is 11.9. The van der Waals surface area contributed by atoms with Gasteiger partial charge in [0.2, 0.25) is 10.0 Å². The number of rotatable bonds is 11. The van der Waals surface area contributed by atoms with Gasteiger partial charge in [0.1, 0.15) is 17.4 Å². The zero-order chi connectivity index (χ0) is 29.3. The second-order valence-electron chi connectivity index (χ2n) is 10.6. The van der Waals surface area contributed by atoms with Crippen LogP contribution >= 0.6 is 0 Å². The van der Waals surface area contributed by atoms with E-state index in [1.165, 1.54) is 24.3 Å². The fraction of sp³-hybridized carbons (Fsp3) is 0.464. The van der Waals surface area contributed by atoms with Gasteiger partial charge in [-0.05, 0) is 82.3 Å². The SMILES string of the molecule is CC(C)(C)OC(=O)N1CCC(CCOc2ccc(C(=O)NC[C@H](NS(=O)(=O)c3ccccc3)C(=O)O)cc2)CC1. The van der Waals surface area contributed by atoms with Gasteiger partial charge in [0.25, 0.3) is 5.91 Å². The third-order valence-electron chi connectivity index (χ3n) is 6.29. The zero-order valence-corrected chi connectivity index (χ0v) is 23.8. The third-order valence-corrected chi connectivity index (χ3v) is 7.78. The standard InChI is InChI=1S/C28H37N3O8S/c1-28(2,3)39-27(35)31-16-13-20(14-17-31)15-18-38-22-11-9-21(10-12-22)25(32)29-19-24(26(33)34)30-40(36,37)23-7-5-4-6-8-23/h4-12,20,24,30H,13-19H2,1-3H3,(H,29,32)(H,33,34)/t24-/m0/s1.